The molecule has 1 atom stereocenters. The molecule has 0 bridgehead atoms. The van der Waals surface area contributed by atoms with Gasteiger partial charge in [0.2, 0.25) is 5.91 Å². The van der Waals surface area contributed by atoms with E-state index in [1.165, 1.54) is 31.0 Å². The fourth-order valence-corrected chi connectivity index (χ4v) is 4.14. The number of amides is 1. The summed E-state index contributed by atoms with van der Waals surface area (Å²) in [6.07, 6.45) is 1.61. The van der Waals surface area contributed by atoms with Crippen molar-refractivity contribution in [1.29, 1.82) is 0 Å². The monoisotopic (exact) mass is 385 g/mol. The summed E-state index contributed by atoms with van der Waals surface area (Å²) in [4.78, 5) is 16.4. The maximum absolute atomic E-state index is 13.3. The molecule has 0 fully saturated rings. The number of hydrogen-bond donors (Lipinski definition) is 2. The minimum atomic E-state index is -0.326. The number of ether oxygens (including phenoxy) is 1. The number of nitrogens with zero attached hydrogens (tertiary/aromatic N) is 2. The summed E-state index contributed by atoms with van der Waals surface area (Å²) >= 11 is 1.45. The van der Waals surface area contributed by atoms with Crippen LogP contribution in [0.3, 0.4) is 0 Å². The number of anilines is 1. The number of phenols is 1. The highest BCUT2D eigenvalue weighted by atomic mass is 32.2. The van der Waals surface area contributed by atoms with Crippen molar-refractivity contribution < 1.29 is 19.0 Å². The molecule has 138 valence electrons. The molecule has 1 amide bonds. The van der Waals surface area contributed by atoms with E-state index in [0.29, 0.717) is 11.6 Å². The van der Waals surface area contributed by atoms with Crippen LogP contribution in [0.15, 0.2) is 48.8 Å². The van der Waals surface area contributed by atoms with Crippen molar-refractivity contribution in [2.75, 3.05) is 18.2 Å². The maximum Gasteiger partial charge on any atom is 0.235 e. The van der Waals surface area contributed by atoms with Gasteiger partial charge in [-0.25, -0.2) is 9.37 Å². The third-order valence-electron chi connectivity index (χ3n) is 4.30. The molecule has 2 N–H and O–H groups in total. The van der Waals surface area contributed by atoms with Gasteiger partial charge >= 0.3 is 0 Å². The number of benzene rings is 2. The Kier molecular flexibility index (Phi) is 4.49. The van der Waals surface area contributed by atoms with E-state index in [9.17, 15) is 14.3 Å². The van der Waals surface area contributed by atoms with Gasteiger partial charge in [-0.2, -0.15) is 0 Å². The first-order chi connectivity index (χ1) is 13.1. The van der Waals surface area contributed by atoms with Crippen molar-refractivity contribution in [2.24, 2.45) is 0 Å². The lowest BCUT2D eigenvalue weighted by atomic mass is 10.1. The number of methoxy groups -OCH3 is 1. The molecule has 0 spiro atoms. The Labute approximate surface area is 159 Å². The molecule has 8 heteroatoms. The molecule has 27 heavy (non-hydrogen) atoms. The van der Waals surface area contributed by atoms with Gasteiger partial charge in [0.1, 0.15) is 12.1 Å². The van der Waals surface area contributed by atoms with Crippen LogP contribution >= 0.6 is 11.8 Å². The quantitative estimate of drug-likeness (QED) is 0.722. The highest BCUT2D eigenvalue weighted by Gasteiger charge is 2.29. The summed E-state index contributed by atoms with van der Waals surface area (Å²) in [5, 5.41) is 12.5. The number of imidazole rings is 1. The Morgan fingerprint density at radius 1 is 1.30 bits per heavy atom. The second kappa shape index (κ2) is 6.96. The molecule has 0 saturated heterocycles. The van der Waals surface area contributed by atoms with Crippen LogP contribution < -0.4 is 10.1 Å². The average molecular weight is 385 g/mol. The first-order valence-electron chi connectivity index (χ1n) is 8.18. The topological polar surface area (TPSA) is 76.4 Å². The molecule has 1 aliphatic rings. The Morgan fingerprint density at radius 2 is 2.07 bits per heavy atom. The summed E-state index contributed by atoms with van der Waals surface area (Å²) in [6, 6.07) is 11.2. The number of aromatic nitrogens is 2. The van der Waals surface area contributed by atoms with Crippen LogP contribution in [0.2, 0.25) is 0 Å². The van der Waals surface area contributed by atoms with Gasteiger partial charge in [0.25, 0.3) is 0 Å². The van der Waals surface area contributed by atoms with Crippen LogP contribution in [-0.2, 0) is 4.79 Å². The van der Waals surface area contributed by atoms with Gasteiger partial charge in [-0.05, 0) is 42.0 Å². The SMILES string of the molecule is COc1cc([C@@H]2SCC(=O)Nc3ncn(-c4ccc(F)cc4)c32)ccc1O. The van der Waals surface area contributed by atoms with Crippen molar-refractivity contribution in [1.82, 2.24) is 9.55 Å². The highest BCUT2D eigenvalue weighted by molar-refractivity contribution is 8.00. The molecule has 2 aromatic carbocycles. The lowest BCUT2D eigenvalue weighted by molar-refractivity contribution is -0.113. The van der Waals surface area contributed by atoms with Gasteiger partial charge in [-0.1, -0.05) is 6.07 Å². The molecule has 0 aliphatic carbocycles. The summed E-state index contributed by atoms with van der Waals surface area (Å²) in [5.41, 5.74) is 2.36. The number of phenolic OH excluding ortho intramolecular Hbond substituents is 1. The second-order valence-electron chi connectivity index (χ2n) is 6.00. The van der Waals surface area contributed by atoms with E-state index in [-0.39, 0.29) is 28.5 Å². The zero-order chi connectivity index (χ0) is 19.0. The number of thioether (sulfide) groups is 1. The fourth-order valence-electron chi connectivity index (χ4n) is 3.03. The summed E-state index contributed by atoms with van der Waals surface area (Å²) in [7, 11) is 1.48. The number of fused-ring (bicyclic) bond motifs is 1. The maximum atomic E-state index is 13.3. The normalized spacial score (nSPS) is 16.4. The van der Waals surface area contributed by atoms with Crippen LogP contribution in [-0.4, -0.2) is 33.4 Å². The molecular weight excluding hydrogens is 369 g/mol. The second-order valence-corrected chi connectivity index (χ2v) is 7.09. The van der Waals surface area contributed by atoms with Crippen molar-refractivity contribution in [3.8, 4) is 17.2 Å². The molecule has 3 aromatic rings. The minimum Gasteiger partial charge on any atom is -0.504 e. The number of hydrogen-bond acceptors (Lipinski definition) is 5. The summed E-state index contributed by atoms with van der Waals surface area (Å²) in [5.74, 6) is 0.651. The smallest absolute Gasteiger partial charge is 0.235 e. The third-order valence-corrected chi connectivity index (χ3v) is 5.56. The van der Waals surface area contributed by atoms with E-state index in [1.54, 1.807) is 36.7 Å². The van der Waals surface area contributed by atoms with Crippen molar-refractivity contribution in [3.63, 3.8) is 0 Å². The molecule has 2 heterocycles. The van der Waals surface area contributed by atoms with Crippen LogP contribution in [0.1, 0.15) is 16.5 Å². The van der Waals surface area contributed by atoms with Crippen LogP contribution in [0.25, 0.3) is 5.69 Å². The molecule has 6 nitrogen and oxygen atoms in total. The van der Waals surface area contributed by atoms with Gasteiger partial charge < -0.3 is 15.2 Å². The van der Waals surface area contributed by atoms with Crippen molar-refractivity contribution in [3.05, 3.63) is 65.9 Å². The number of aromatic hydroxyl groups is 1. The molecule has 4 rings (SSSR count). The fraction of sp³-hybridized carbons (Fsp3) is 0.158. The third kappa shape index (κ3) is 3.23. The van der Waals surface area contributed by atoms with Gasteiger partial charge in [-0.15, -0.1) is 11.8 Å². The number of halogens is 1. The van der Waals surface area contributed by atoms with E-state index >= 15 is 0 Å². The molecule has 0 unspecified atom stereocenters. The molecule has 1 aromatic heterocycles. The predicted octanol–water partition coefficient (Wildman–Crippen LogP) is 3.50. The van der Waals surface area contributed by atoms with Crippen LogP contribution in [0.4, 0.5) is 10.2 Å². The standard InChI is InChI=1S/C19H16FN3O3S/c1-26-15-8-11(2-7-14(15)24)18-17-19(22-16(25)9-27-18)21-10-23(17)13-5-3-12(20)4-6-13/h2-8,10,18,24H,9H2,1H3,(H,22,25)/t18-/m0/s1. The zero-order valence-corrected chi connectivity index (χ0v) is 15.2. The van der Waals surface area contributed by atoms with Crippen LogP contribution in [0, 0.1) is 5.82 Å². The lowest BCUT2D eigenvalue weighted by Gasteiger charge is -2.19. The first kappa shape index (κ1) is 17.4. The Hall–Kier alpha value is -3.00. The lowest BCUT2D eigenvalue weighted by Crippen LogP contribution is -2.12. The van der Waals surface area contributed by atoms with E-state index in [4.69, 9.17) is 4.74 Å². The first-order valence-corrected chi connectivity index (χ1v) is 9.23. The van der Waals surface area contributed by atoms with E-state index in [2.05, 4.69) is 10.3 Å². The van der Waals surface area contributed by atoms with Gasteiger partial charge in [0.15, 0.2) is 17.3 Å². The van der Waals surface area contributed by atoms with Gasteiger partial charge in [-0.3, -0.25) is 9.36 Å². The number of carbonyl (C=O) groups excluding carboxylic acids is 1. The zero-order valence-electron chi connectivity index (χ0n) is 14.3. The van der Waals surface area contributed by atoms with E-state index in [0.717, 1.165) is 16.9 Å². The Bertz CT molecular complexity index is 1000. The largest absolute Gasteiger partial charge is 0.504 e. The van der Waals surface area contributed by atoms with Gasteiger partial charge in [0.05, 0.1) is 23.8 Å². The highest BCUT2D eigenvalue weighted by Crippen LogP contribution is 2.43. The number of nitrogens with one attached hydrogen (secondary N) is 1. The van der Waals surface area contributed by atoms with E-state index < -0.39 is 0 Å². The van der Waals surface area contributed by atoms with Gasteiger partial charge in [0, 0.05) is 5.69 Å². The molecule has 0 saturated carbocycles. The molecule has 0 radical (unpaired) electrons. The molecular formula is C19H16FN3O3S. The van der Waals surface area contributed by atoms with Crippen LogP contribution in [0.5, 0.6) is 11.5 Å². The van der Waals surface area contributed by atoms with Crippen molar-refractivity contribution >= 4 is 23.5 Å². The Morgan fingerprint density at radius 3 is 2.81 bits per heavy atom. The summed E-state index contributed by atoms with van der Waals surface area (Å²) in [6.45, 7) is 0. The Balaban J connectivity index is 1.87. The van der Waals surface area contributed by atoms with Crippen molar-refractivity contribution in [2.45, 2.75) is 5.25 Å². The predicted molar refractivity (Wildman–Crippen MR) is 101 cm³/mol. The minimum absolute atomic E-state index is 0.0429. The average Bonchev–Trinajstić information content (AvgIpc) is 2.99. The number of carbonyl (C=O) groups is 1. The summed E-state index contributed by atoms with van der Waals surface area (Å²) < 4.78 is 20.4. The number of rotatable bonds is 3. The van der Waals surface area contributed by atoms with E-state index in [1.807, 2.05) is 4.57 Å². The molecule has 1 aliphatic heterocycles.